The first kappa shape index (κ1) is 16.3. The smallest absolute Gasteiger partial charge is 0.310 e. The minimum atomic E-state index is -4.12. The van der Waals surface area contributed by atoms with Crippen LogP contribution in [0, 0.1) is 18.8 Å². The van der Waals surface area contributed by atoms with Gasteiger partial charge in [0.15, 0.2) is 0 Å². The van der Waals surface area contributed by atoms with Crippen LogP contribution in [0.2, 0.25) is 0 Å². The average Bonchev–Trinajstić information content (AvgIpc) is 2.44. The van der Waals surface area contributed by atoms with E-state index in [1.165, 1.54) is 0 Å². The van der Waals surface area contributed by atoms with Crippen molar-refractivity contribution in [1.29, 1.82) is 0 Å². The van der Waals surface area contributed by atoms with Crippen LogP contribution in [0.5, 0.6) is 0 Å². The van der Waals surface area contributed by atoms with E-state index >= 15 is 0 Å². The molecule has 21 heavy (non-hydrogen) atoms. The Morgan fingerprint density at radius 1 is 1.29 bits per heavy atom. The van der Waals surface area contributed by atoms with Gasteiger partial charge in [-0.25, -0.2) is 0 Å². The van der Waals surface area contributed by atoms with E-state index < -0.39 is 18.0 Å². The van der Waals surface area contributed by atoms with Gasteiger partial charge in [0.25, 0.3) is 0 Å². The predicted octanol–water partition coefficient (Wildman–Crippen LogP) is 4.41. The van der Waals surface area contributed by atoms with Gasteiger partial charge in [0.1, 0.15) is 0 Å². The molecule has 0 spiro atoms. The lowest BCUT2D eigenvalue weighted by Gasteiger charge is -2.38. The van der Waals surface area contributed by atoms with Crippen molar-refractivity contribution < 1.29 is 13.2 Å². The summed E-state index contributed by atoms with van der Waals surface area (Å²) >= 11 is 0. The summed E-state index contributed by atoms with van der Waals surface area (Å²) in [5, 5.41) is 3.26. The summed E-state index contributed by atoms with van der Waals surface area (Å²) in [6.45, 7) is 4.50. The predicted molar refractivity (Wildman–Crippen MR) is 76.9 cm³/mol. The topological polar surface area (TPSA) is 24.9 Å². The maximum atomic E-state index is 13.3. The molecule has 1 N–H and O–H groups in total. The summed E-state index contributed by atoms with van der Waals surface area (Å²) in [5.74, 6) is -1.61. The van der Waals surface area contributed by atoms with Gasteiger partial charge in [-0.15, -0.1) is 0 Å². The number of aromatic nitrogens is 1. The van der Waals surface area contributed by atoms with E-state index in [4.69, 9.17) is 0 Å². The number of halogens is 3. The van der Waals surface area contributed by atoms with Crippen molar-refractivity contribution in [2.75, 3.05) is 6.54 Å². The van der Waals surface area contributed by atoms with E-state index in [1.807, 2.05) is 19.9 Å². The van der Waals surface area contributed by atoms with Gasteiger partial charge >= 0.3 is 6.18 Å². The molecule has 1 heterocycles. The zero-order valence-electron chi connectivity index (χ0n) is 12.6. The fraction of sp³-hybridized carbons (Fsp3) is 0.688. The van der Waals surface area contributed by atoms with Crippen molar-refractivity contribution in [1.82, 2.24) is 10.3 Å². The molecular weight excluding hydrogens is 277 g/mol. The van der Waals surface area contributed by atoms with E-state index in [-0.39, 0.29) is 12.5 Å². The maximum absolute atomic E-state index is 13.3. The number of hydrogen-bond acceptors (Lipinski definition) is 2. The van der Waals surface area contributed by atoms with Crippen LogP contribution in [0.1, 0.15) is 49.8 Å². The first-order valence-electron chi connectivity index (χ1n) is 7.65. The molecule has 2 rings (SSSR count). The van der Waals surface area contributed by atoms with Crippen LogP contribution >= 0.6 is 0 Å². The van der Waals surface area contributed by atoms with E-state index in [0.29, 0.717) is 19.4 Å². The Balaban J connectivity index is 2.31. The highest BCUT2D eigenvalue weighted by Gasteiger charge is 2.48. The van der Waals surface area contributed by atoms with Gasteiger partial charge in [-0.1, -0.05) is 25.8 Å². The minimum Gasteiger partial charge on any atom is -0.310 e. The van der Waals surface area contributed by atoms with Crippen molar-refractivity contribution >= 4 is 0 Å². The first-order chi connectivity index (χ1) is 9.93. The van der Waals surface area contributed by atoms with Crippen LogP contribution in [0.3, 0.4) is 0 Å². The molecule has 1 aromatic heterocycles. The molecule has 118 valence electrons. The normalized spacial score (nSPS) is 24.8. The molecule has 0 radical (unpaired) electrons. The molecule has 3 unspecified atom stereocenters. The summed E-state index contributed by atoms with van der Waals surface area (Å²) in [7, 11) is 0. The summed E-state index contributed by atoms with van der Waals surface area (Å²) in [6.07, 6.45) is 1.72. The summed E-state index contributed by atoms with van der Waals surface area (Å²) < 4.78 is 40.0. The Hall–Kier alpha value is -1.10. The van der Waals surface area contributed by atoms with Gasteiger partial charge in [-0.2, -0.15) is 13.2 Å². The number of nitrogens with zero attached hydrogens (tertiary/aromatic N) is 1. The van der Waals surface area contributed by atoms with Crippen LogP contribution in [0.15, 0.2) is 18.5 Å². The van der Waals surface area contributed by atoms with Gasteiger partial charge in [-0.3, -0.25) is 4.98 Å². The lowest BCUT2D eigenvalue weighted by molar-refractivity contribution is -0.199. The lowest BCUT2D eigenvalue weighted by atomic mass is 9.73. The monoisotopic (exact) mass is 300 g/mol. The molecule has 0 aromatic carbocycles. The van der Waals surface area contributed by atoms with Gasteiger partial charge in [-0.05, 0) is 43.4 Å². The fourth-order valence-corrected chi connectivity index (χ4v) is 3.45. The van der Waals surface area contributed by atoms with E-state index in [2.05, 4.69) is 10.3 Å². The molecule has 1 aromatic rings. The SMILES string of the molecule is CCNC(c1cncc(C)c1)C1CCCCC1C(F)(F)F. The van der Waals surface area contributed by atoms with Crippen molar-refractivity contribution in [3.63, 3.8) is 0 Å². The molecular formula is C16H23F3N2. The van der Waals surface area contributed by atoms with E-state index in [1.54, 1.807) is 12.4 Å². The minimum absolute atomic E-state index is 0.245. The number of rotatable bonds is 4. The third-order valence-electron chi connectivity index (χ3n) is 4.35. The molecule has 1 fully saturated rings. The molecule has 5 heteroatoms. The highest BCUT2D eigenvalue weighted by atomic mass is 19.4. The standard InChI is InChI=1S/C16H23F3N2/c1-3-21-15(12-8-11(2)9-20-10-12)13-6-4-5-7-14(13)16(17,18)19/h8-10,13-15,21H,3-7H2,1-2H3. The first-order valence-corrected chi connectivity index (χ1v) is 7.65. The molecule has 0 aliphatic heterocycles. The molecule has 1 saturated carbocycles. The zero-order chi connectivity index (χ0) is 15.5. The van der Waals surface area contributed by atoms with Gasteiger partial charge in [0.2, 0.25) is 0 Å². The third-order valence-corrected chi connectivity index (χ3v) is 4.35. The number of alkyl halides is 3. The molecule has 1 aliphatic carbocycles. The van der Waals surface area contributed by atoms with Crippen LogP contribution in [-0.2, 0) is 0 Å². The average molecular weight is 300 g/mol. The second kappa shape index (κ2) is 6.77. The fourth-order valence-electron chi connectivity index (χ4n) is 3.45. The zero-order valence-corrected chi connectivity index (χ0v) is 12.6. The molecule has 0 bridgehead atoms. The highest BCUT2D eigenvalue weighted by molar-refractivity contribution is 5.21. The van der Waals surface area contributed by atoms with Gasteiger partial charge in [0.05, 0.1) is 5.92 Å². The van der Waals surface area contributed by atoms with Crippen molar-refractivity contribution in [2.24, 2.45) is 11.8 Å². The Labute approximate surface area is 124 Å². The van der Waals surface area contributed by atoms with Crippen LogP contribution < -0.4 is 5.32 Å². The highest BCUT2D eigenvalue weighted by Crippen LogP contribution is 2.46. The molecule has 0 saturated heterocycles. The second-order valence-corrected chi connectivity index (χ2v) is 5.93. The summed E-state index contributed by atoms with van der Waals surface area (Å²) in [5.41, 5.74) is 1.85. The van der Waals surface area contributed by atoms with Gasteiger partial charge < -0.3 is 5.32 Å². The molecule has 3 atom stereocenters. The number of nitrogens with one attached hydrogen (secondary N) is 1. The molecule has 0 amide bonds. The quantitative estimate of drug-likeness (QED) is 0.891. The van der Waals surface area contributed by atoms with Crippen LogP contribution in [-0.4, -0.2) is 17.7 Å². The Kier molecular flexibility index (Phi) is 5.25. The van der Waals surface area contributed by atoms with Crippen molar-refractivity contribution in [2.45, 2.75) is 51.7 Å². The Morgan fingerprint density at radius 3 is 2.62 bits per heavy atom. The third kappa shape index (κ3) is 3.96. The molecule has 1 aliphatic rings. The Morgan fingerprint density at radius 2 is 2.00 bits per heavy atom. The van der Waals surface area contributed by atoms with E-state index in [9.17, 15) is 13.2 Å². The number of hydrogen-bond donors (Lipinski definition) is 1. The number of pyridine rings is 1. The van der Waals surface area contributed by atoms with E-state index in [0.717, 1.165) is 17.5 Å². The largest absolute Gasteiger partial charge is 0.392 e. The lowest BCUT2D eigenvalue weighted by Crippen LogP contribution is -2.40. The summed E-state index contributed by atoms with van der Waals surface area (Å²) in [6, 6.07) is 1.68. The van der Waals surface area contributed by atoms with Gasteiger partial charge in [0, 0.05) is 18.4 Å². The van der Waals surface area contributed by atoms with Crippen LogP contribution in [0.25, 0.3) is 0 Å². The number of aryl methyl sites for hydroxylation is 1. The Bertz CT molecular complexity index is 459. The summed E-state index contributed by atoms with van der Waals surface area (Å²) in [4.78, 5) is 4.15. The van der Waals surface area contributed by atoms with Crippen molar-refractivity contribution in [3.8, 4) is 0 Å². The molecule has 2 nitrogen and oxygen atoms in total. The maximum Gasteiger partial charge on any atom is 0.392 e. The van der Waals surface area contributed by atoms with Crippen LogP contribution in [0.4, 0.5) is 13.2 Å². The second-order valence-electron chi connectivity index (χ2n) is 5.93. The van der Waals surface area contributed by atoms with Crippen molar-refractivity contribution in [3.05, 3.63) is 29.6 Å².